The van der Waals surface area contributed by atoms with Crippen LogP contribution < -0.4 is 5.32 Å². The van der Waals surface area contributed by atoms with Crippen molar-refractivity contribution in [1.82, 2.24) is 5.32 Å². The summed E-state index contributed by atoms with van der Waals surface area (Å²) in [6, 6.07) is 12.2. The molecule has 0 aliphatic heterocycles. The number of nitrogens with one attached hydrogen (secondary N) is 1. The highest BCUT2D eigenvalue weighted by atomic mass is 35.5. The lowest BCUT2D eigenvalue weighted by molar-refractivity contribution is 0.0963. The molecule has 18 heavy (non-hydrogen) atoms. The molecule has 0 atom stereocenters. The zero-order valence-corrected chi connectivity index (χ0v) is 10.5. The number of halogens is 1. The summed E-state index contributed by atoms with van der Waals surface area (Å²) in [5.41, 5.74) is 2.23. The zero-order valence-electron chi connectivity index (χ0n) is 9.77. The summed E-state index contributed by atoms with van der Waals surface area (Å²) in [6.45, 7) is 0. The molecule has 0 unspecified atom stereocenters. The van der Waals surface area contributed by atoms with Crippen molar-refractivity contribution in [2.75, 3.05) is 7.05 Å². The molecule has 0 aromatic heterocycles. The fraction of sp³-hybridized carbons (Fsp3) is 0.0714. The van der Waals surface area contributed by atoms with Gasteiger partial charge in [0, 0.05) is 12.6 Å². The Hall–Kier alpha value is -2.00. The molecule has 2 aromatic rings. The van der Waals surface area contributed by atoms with Crippen molar-refractivity contribution >= 4 is 17.5 Å². The normalized spacial score (nSPS) is 10.1. The summed E-state index contributed by atoms with van der Waals surface area (Å²) >= 11 is 5.76. The second-order valence-electron chi connectivity index (χ2n) is 3.83. The van der Waals surface area contributed by atoms with Crippen LogP contribution in [0.3, 0.4) is 0 Å². The number of benzene rings is 2. The lowest BCUT2D eigenvalue weighted by atomic mass is 10.0. The average molecular weight is 262 g/mol. The van der Waals surface area contributed by atoms with Crippen LogP contribution in [0.15, 0.2) is 42.5 Å². The highest BCUT2D eigenvalue weighted by molar-refractivity contribution is 6.32. The minimum absolute atomic E-state index is 0.0273. The van der Waals surface area contributed by atoms with Gasteiger partial charge in [0.05, 0.1) is 5.02 Å². The van der Waals surface area contributed by atoms with Crippen LogP contribution in [-0.4, -0.2) is 18.1 Å². The van der Waals surface area contributed by atoms with Crippen molar-refractivity contribution in [2.24, 2.45) is 0 Å². The van der Waals surface area contributed by atoms with E-state index in [0.29, 0.717) is 10.6 Å². The third-order valence-corrected chi connectivity index (χ3v) is 2.95. The van der Waals surface area contributed by atoms with Crippen LogP contribution in [0.4, 0.5) is 0 Å². The molecule has 92 valence electrons. The Bertz CT molecular complexity index is 596. The maximum absolute atomic E-state index is 11.5. The Labute approximate surface area is 110 Å². The van der Waals surface area contributed by atoms with Crippen molar-refractivity contribution in [1.29, 1.82) is 0 Å². The second kappa shape index (κ2) is 5.10. The van der Waals surface area contributed by atoms with Crippen molar-refractivity contribution in [3.8, 4) is 16.9 Å². The molecule has 2 aromatic carbocycles. The van der Waals surface area contributed by atoms with E-state index in [9.17, 15) is 9.90 Å². The number of phenolic OH excluding ortho intramolecular Hbond substituents is 1. The number of aromatic hydroxyl groups is 1. The van der Waals surface area contributed by atoms with Crippen LogP contribution in [0.2, 0.25) is 5.02 Å². The SMILES string of the molecule is CNC(=O)c1cccc(-c2ccc(Cl)c(O)c2)c1. The molecule has 4 heteroatoms. The van der Waals surface area contributed by atoms with Gasteiger partial charge < -0.3 is 10.4 Å². The van der Waals surface area contributed by atoms with E-state index in [2.05, 4.69) is 5.32 Å². The predicted molar refractivity (Wildman–Crippen MR) is 71.9 cm³/mol. The minimum Gasteiger partial charge on any atom is -0.506 e. The topological polar surface area (TPSA) is 49.3 Å². The first kappa shape index (κ1) is 12.5. The van der Waals surface area contributed by atoms with Crippen molar-refractivity contribution in [3.05, 3.63) is 53.1 Å². The summed E-state index contributed by atoms with van der Waals surface area (Å²) in [6.07, 6.45) is 0. The number of carbonyl (C=O) groups is 1. The van der Waals surface area contributed by atoms with Crippen LogP contribution in [0.25, 0.3) is 11.1 Å². The van der Waals surface area contributed by atoms with Gasteiger partial charge in [-0.3, -0.25) is 4.79 Å². The molecular formula is C14H12ClNO2. The smallest absolute Gasteiger partial charge is 0.251 e. The van der Waals surface area contributed by atoms with Gasteiger partial charge in [-0.05, 0) is 35.4 Å². The van der Waals surface area contributed by atoms with E-state index in [1.54, 1.807) is 43.4 Å². The Kier molecular flexibility index (Phi) is 3.53. The summed E-state index contributed by atoms with van der Waals surface area (Å²) in [4.78, 5) is 11.5. The second-order valence-corrected chi connectivity index (χ2v) is 4.23. The summed E-state index contributed by atoms with van der Waals surface area (Å²) in [7, 11) is 1.59. The largest absolute Gasteiger partial charge is 0.506 e. The highest BCUT2D eigenvalue weighted by Crippen LogP contribution is 2.29. The molecule has 1 amide bonds. The Morgan fingerprint density at radius 3 is 2.56 bits per heavy atom. The van der Waals surface area contributed by atoms with E-state index in [0.717, 1.165) is 11.1 Å². The van der Waals surface area contributed by atoms with E-state index in [-0.39, 0.29) is 11.7 Å². The highest BCUT2D eigenvalue weighted by Gasteiger charge is 2.06. The lowest BCUT2D eigenvalue weighted by Crippen LogP contribution is -2.17. The van der Waals surface area contributed by atoms with Crippen LogP contribution in [-0.2, 0) is 0 Å². The van der Waals surface area contributed by atoms with Crippen molar-refractivity contribution < 1.29 is 9.90 Å². The van der Waals surface area contributed by atoms with Gasteiger partial charge in [0.25, 0.3) is 5.91 Å². The average Bonchev–Trinajstić information content (AvgIpc) is 2.41. The Morgan fingerprint density at radius 2 is 1.89 bits per heavy atom. The number of hydrogen-bond acceptors (Lipinski definition) is 2. The van der Waals surface area contributed by atoms with Crippen molar-refractivity contribution in [2.45, 2.75) is 0 Å². The minimum atomic E-state index is -0.143. The molecule has 0 aliphatic carbocycles. The first-order chi connectivity index (χ1) is 8.61. The van der Waals surface area contributed by atoms with Gasteiger partial charge in [0.1, 0.15) is 5.75 Å². The number of phenols is 1. The molecule has 0 saturated heterocycles. The van der Waals surface area contributed by atoms with Gasteiger partial charge in [0.2, 0.25) is 0 Å². The molecule has 2 rings (SSSR count). The van der Waals surface area contributed by atoms with Gasteiger partial charge >= 0.3 is 0 Å². The van der Waals surface area contributed by atoms with Gasteiger partial charge in [-0.2, -0.15) is 0 Å². The van der Waals surface area contributed by atoms with Crippen LogP contribution in [0, 0.1) is 0 Å². The fourth-order valence-corrected chi connectivity index (χ4v) is 1.79. The molecule has 0 saturated carbocycles. The van der Waals surface area contributed by atoms with E-state index in [1.165, 1.54) is 0 Å². The maximum atomic E-state index is 11.5. The molecule has 0 spiro atoms. The third-order valence-electron chi connectivity index (χ3n) is 2.63. The number of rotatable bonds is 2. The van der Waals surface area contributed by atoms with E-state index in [1.807, 2.05) is 6.07 Å². The molecule has 0 fully saturated rings. The van der Waals surface area contributed by atoms with Crippen molar-refractivity contribution in [3.63, 3.8) is 0 Å². The predicted octanol–water partition coefficient (Wildman–Crippen LogP) is 3.07. The number of amides is 1. The summed E-state index contributed by atoms with van der Waals surface area (Å²) < 4.78 is 0. The molecule has 3 nitrogen and oxygen atoms in total. The number of carbonyl (C=O) groups excluding carboxylic acids is 1. The van der Waals surface area contributed by atoms with Gasteiger partial charge in [-0.1, -0.05) is 29.8 Å². The van der Waals surface area contributed by atoms with E-state index >= 15 is 0 Å². The molecule has 2 N–H and O–H groups in total. The van der Waals surface area contributed by atoms with E-state index < -0.39 is 0 Å². The lowest BCUT2D eigenvalue weighted by Gasteiger charge is -2.06. The Morgan fingerprint density at radius 1 is 1.17 bits per heavy atom. The molecule has 0 bridgehead atoms. The van der Waals surface area contributed by atoms with E-state index in [4.69, 9.17) is 11.6 Å². The third kappa shape index (κ3) is 2.46. The van der Waals surface area contributed by atoms with Gasteiger partial charge in [-0.15, -0.1) is 0 Å². The monoisotopic (exact) mass is 261 g/mol. The molecule has 0 heterocycles. The fourth-order valence-electron chi connectivity index (χ4n) is 1.68. The summed E-state index contributed by atoms with van der Waals surface area (Å²) in [5, 5.41) is 12.5. The molecular weight excluding hydrogens is 250 g/mol. The maximum Gasteiger partial charge on any atom is 0.251 e. The quantitative estimate of drug-likeness (QED) is 0.873. The molecule has 0 radical (unpaired) electrons. The van der Waals surface area contributed by atoms with Crippen LogP contribution >= 0.6 is 11.6 Å². The Balaban J connectivity index is 2.44. The standard InChI is InChI=1S/C14H12ClNO2/c1-16-14(18)11-4-2-3-9(7-11)10-5-6-12(15)13(17)8-10/h2-8,17H,1H3,(H,16,18). The number of hydrogen-bond donors (Lipinski definition) is 2. The van der Waals surface area contributed by atoms with Crippen LogP contribution in [0.1, 0.15) is 10.4 Å². The summed E-state index contributed by atoms with van der Waals surface area (Å²) in [5.74, 6) is -0.116. The first-order valence-electron chi connectivity index (χ1n) is 5.43. The molecule has 0 aliphatic rings. The van der Waals surface area contributed by atoms with Crippen LogP contribution in [0.5, 0.6) is 5.75 Å². The first-order valence-corrected chi connectivity index (χ1v) is 5.80. The zero-order chi connectivity index (χ0) is 13.1. The van der Waals surface area contributed by atoms with Gasteiger partial charge in [-0.25, -0.2) is 0 Å². The van der Waals surface area contributed by atoms with Gasteiger partial charge in [0.15, 0.2) is 0 Å².